The van der Waals surface area contributed by atoms with Crippen LogP contribution in [0.2, 0.25) is 0 Å². The van der Waals surface area contributed by atoms with Gasteiger partial charge in [0, 0.05) is 5.57 Å². The second-order valence-electron chi connectivity index (χ2n) is 3.09. The summed E-state index contributed by atoms with van der Waals surface area (Å²) in [5.74, 6) is -1.35. The Morgan fingerprint density at radius 2 is 1.81 bits per heavy atom. The van der Waals surface area contributed by atoms with Gasteiger partial charge in [-0.25, -0.2) is 21.6 Å². The fourth-order valence-corrected chi connectivity index (χ4v) is 3.12. The van der Waals surface area contributed by atoms with Crippen molar-refractivity contribution < 1.29 is 26.4 Å². The highest BCUT2D eigenvalue weighted by Crippen LogP contribution is 1.94. The van der Waals surface area contributed by atoms with Gasteiger partial charge in [0.1, 0.15) is 6.61 Å². The summed E-state index contributed by atoms with van der Waals surface area (Å²) < 4.78 is 49.4. The summed E-state index contributed by atoms with van der Waals surface area (Å²) in [7, 11) is -7.85. The molecular formula is C7H13NO6S2. The van der Waals surface area contributed by atoms with Gasteiger partial charge >= 0.3 is 5.97 Å². The standard InChI is InChI=1S/C7H13NO6S2/c1-6(2)7(9)14-4-5-16(12,13)8-15(3,10)11/h8H,1,4-5H2,2-3H3. The highest BCUT2D eigenvalue weighted by molar-refractivity contribution is 8.04. The average molecular weight is 271 g/mol. The van der Waals surface area contributed by atoms with Crippen LogP contribution in [0.1, 0.15) is 6.92 Å². The number of sulfonamides is 2. The minimum Gasteiger partial charge on any atom is -0.461 e. The number of rotatable bonds is 6. The Balaban J connectivity index is 4.22. The Bertz CT molecular complexity index is 475. The van der Waals surface area contributed by atoms with Crippen LogP contribution in [0, 0.1) is 0 Å². The Kier molecular flexibility index (Phi) is 5.10. The molecule has 0 atom stereocenters. The number of esters is 1. The molecule has 94 valence electrons. The predicted octanol–water partition coefficient (Wildman–Crippen LogP) is -1.02. The molecule has 0 aliphatic rings. The van der Waals surface area contributed by atoms with Crippen molar-refractivity contribution in [2.24, 2.45) is 0 Å². The fourth-order valence-electron chi connectivity index (χ4n) is 0.640. The predicted molar refractivity (Wildman–Crippen MR) is 57.5 cm³/mol. The van der Waals surface area contributed by atoms with Crippen molar-refractivity contribution in [3.05, 3.63) is 12.2 Å². The SMILES string of the molecule is C=C(C)C(=O)OCCS(=O)(=O)NS(C)(=O)=O. The van der Waals surface area contributed by atoms with Gasteiger partial charge in [-0.05, 0) is 6.92 Å². The highest BCUT2D eigenvalue weighted by Gasteiger charge is 2.17. The maximum atomic E-state index is 11.1. The van der Waals surface area contributed by atoms with E-state index in [4.69, 9.17) is 0 Å². The van der Waals surface area contributed by atoms with Crippen LogP contribution in [-0.4, -0.2) is 41.4 Å². The summed E-state index contributed by atoms with van der Waals surface area (Å²) in [4.78, 5) is 10.9. The van der Waals surface area contributed by atoms with E-state index in [2.05, 4.69) is 11.3 Å². The third-order valence-corrected chi connectivity index (χ3v) is 4.14. The zero-order valence-electron chi connectivity index (χ0n) is 8.89. The molecule has 1 N–H and O–H groups in total. The van der Waals surface area contributed by atoms with Crippen LogP contribution in [0.25, 0.3) is 0 Å². The summed E-state index contributed by atoms with van der Waals surface area (Å²) in [6.45, 7) is 4.27. The van der Waals surface area contributed by atoms with Gasteiger partial charge in [0.25, 0.3) is 0 Å². The minimum atomic E-state index is -4.01. The molecule has 0 saturated carbocycles. The lowest BCUT2D eigenvalue weighted by atomic mass is 10.4. The Morgan fingerprint density at radius 3 is 2.19 bits per heavy atom. The smallest absolute Gasteiger partial charge is 0.333 e. The first-order valence-electron chi connectivity index (χ1n) is 4.07. The van der Waals surface area contributed by atoms with Gasteiger partial charge in [0.2, 0.25) is 20.0 Å². The molecule has 9 heteroatoms. The van der Waals surface area contributed by atoms with E-state index >= 15 is 0 Å². The first-order chi connectivity index (χ1) is 7.03. The molecule has 0 spiro atoms. The monoisotopic (exact) mass is 271 g/mol. The van der Waals surface area contributed by atoms with Crippen LogP contribution in [0.15, 0.2) is 12.2 Å². The maximum absolute atomic E-state index is 11.1. The Hall–Kier alpha value is -0.930. The molecule has 7 nitrogen and oxygen atoms in total. The molecule has 16 heavy (non-hydrogen) atoms. The van der Waals surface area contributed by atoms with E-state index in [0.29, 0.717) is 6.26 Å². The van der Waals surface area contributed by atoms with Crippen molar-refractivity contribution in [1.82, 2.24) is 4.13 Å². The van der Waals surface area contributed by atoms with E-state index in [0.717, 1.165) is 0 Å². The van der Waals surface area contributed by atoms with Crippen molar-refractivity contribution >= 4 is 26.0 Å². The van der Waals surface area contributed by atoms with Crippen LogP contribution < -0.4 is 4.13 Å². The zero-order chi connectivity index (χ0) is 13.0. The minimum absolute atomic E-state index is 0.133. The molecule has 0 amide bonds. The van der Waals surface area contributed by atoms with Crippen molar-refractivity contribution in [3.8, 4) is 0 Å². The molecule has 0 heterocycles. The quantitative estimate of drug-likeness (QED) is 0.490. The van der Waals surface area contributed by atoms with E-state index in [1.54, 1.807) is 0 Å². The van der Waals surface area contributed by atoms with E-state index in [1.165, 1.54) is 11.1 Å². The lowest BCUT2D eigenvalue weighted by Gasteiger charge is -2.05. The molecule has 0 aliphatic carbocycles. The van der Waals surface area contributed by atoms with Gasteiger partial charge in [-0.2, -0.15) is 0 Å². The maximum Gasteiger partial charge on any atom is 0.333 e. The molecule has 0 aliphatic heterocycles. The van der Waals surface area contributed by atoms with Gasteiger partial charge in [-0.15, -0.1) is 4.13 Å². The first kappa shape index (κ1) is 15.1. The molecule has 0 rings (SSSR count). The van der Waals surface area contributed by atoms with E-state index in [-0.39, 0.29) is 5.57 Å². The first-order valence-corrected chi connectivity index (χ1v) is 7.62. The molecule has 0 aromatic carbocycles. The van der Waals surface area contributed by atoms with Crippen molar-refractivity contribution in [2.45, 2.75) is 6.92 Å². The van der Waals surface area contributed by atoms with Crippen LogP contribution in [0.4, 0.5) is 0 Å². The fraction of sp³-hybridized carbons (Fsp3) is 0.571. The second-order valence-corrected chi connectivity index (χ2v) is 6.94. The molecule has 0 bridgehead atoms. The molecule has 0 fully saturated rings. The number of nitrogens with one attached hydrogen (secondary N) is 1. The largest absolute Gasteiger partial charge is 0.461 e. The molecule has 0 aromatic heterocycles. The number of carbonyl (C=O) groups is 1. The summed E-state index contributed by atoms with van der Waals surface area (Å²) in [5, 5.41) is 0. The van der Waals surface area contributed by atoms with Gasteiger partial charge in [0.15, 0.2) is 0 Å². The Morgan fingerprint density at radius 1 is 1.31 bits per heavy atom. The Labute approximate surface area is 94.6 Å². The molecule has 0 aromatic rings. The number of hydrogen-bond donors (Lipinski definition) is 1. The summed E-state index contributed by atoms with van der Waals surface area (Å²) in [6, 6.07) is 0. The molecule has 0 radical (unpaired) electrons. The lowest BCUT2D eigenvalue weighted by Crippen LogP contribution is -2.33. The number of ether oxygens (including phenoxy) is 1. The number of hydrogen-bond acceptors (Lipinski definition) is 6. The van der Waals surface area contributed by atoms with Crippen LogP contribution in [0.3, 0.4) is 0 Å². The summed E-state index contributed by atoms with van der Waals surface area (Å²) in [5.41, 5.74) is 0.133. The number of carbonyl (C=O) groups excluding carboxylic acids is 1. The van der Waals surface area contributed by atoms with Crippen molar-refractivity contribution in [3.63, 3.8) is 0 Å². The van der Waals surface area contributed by atoms with E-state index in [1.807, 2.05) is 0 Å². The van der Waals surface area contributed by atoms with Crippen LogP contribution >= 0.6 is 0 Å². The molecule has 0 unspecified atom stereocenters. The van der Waals surface area contributed by atoms with Gasteiger partial charge in [-0.3, -0.25) is 0 Å². The van der Waals surface area contributed by atoms with Gasteiger partial charge in [0.05, 0.1) is 12.0 Å². The topological polar surface area (TPSA) is 107 Å². The van der Waals surface area contributed by atoms with Gasteiger partial charge < -0.3 is 4.74 Å². The second kappa shape index (κ2) is 5.41. The van der Waals surface area contributed by atoms with Crippen molar-refractivity contribution in [2.75, 3.05) is 18.6 Å². The van der Waals surface area contributed by atoms with E-state index < -0.39 is 38.4 Å². The summed E-state index contributed by atoms with van der Waals surface area (Å²) >= 11 is 0. The average Bonchev–Trinajstić information content (AvgIpc) is 1.98. The van der Waals surface area contributed by atoms with Crippen LogP contribution in [0.5, 0.6) is 0 Å². The molecular weight excluding hydrogens is 258 g/mol. The zero-order valence-corrected chi connectivity index (χ0v) is 10.5. The molecule has 0 saturated heterocycles. The van der Waals surface area contributed by atoms with E-state index in [9.17, 15) is 21.6 Å². The normalized spacial score (nSPS) is 12.1. The van der Waals surface area contributed by atoms with Gasteiger partial charge in [-0.1, -0.05) is 6.58 Å². The van der Waals surface area contributed by atoms with Crippen LogP contribution in [-0.2, 0) is 29.6 Å². The lowest BCUT2D eigenvalue weighted by molar-refractivity contribution is -0.138. The highest BCUT2D eigenvalue weighted by atomic mass is 32.3. The van der Waals surface area contributed by atoms with Crippen molar-refractivity contribution in [1.29, 1.82) is 0 Å². The third-order valence-electron chi connectivity index (χ3n) is 1.21. The third kappa shape index (κ3) is 7.37. The summed E-state index contributed by atoms with van der Waals surface area (Å²) in [6.07, 6.45) is 0.713.